The Morgan fingerprint density at radius 1 is 1.10 bits per heavy atom. The summed E-state index contributed by atoms with van der Waals surface area (Å²) in [4.78, 5) is 17.3. The van der Waals surface area contributed by atoms with Gasteiger partial charge in [0.05, 0.1) is 5.54 Å². The van der Waals surface area contributed by atoms with Gasteiger partial charge in [0, 0.05) is 32.7 Å². The lowest BCUT2D eigenvalue weighted by Gasteiger charge is -2.51. The standard InChI is InChI=1S/C16H29N3O/c1-14-5-10-18(11-6-14)15(20)19-12-9-17-13-16(19)7-3-2-4-8-16/h14,17H,2-13H2,1H3. The Hall–Kier alpha value is -0.770. The molecule has 1 saturated carbocycles. The topological polar surface area (TPSA) is 35.6 Å². The minimum Gasteiger partial charge on any atom is -0.325 e. The van der Waals surface area contributed by atoms with Crippen molar-refractivity contribution in [2.45, 2.75) is 57.4 Å². The van der Waals surface area contributed by atoms with Crippen LogP contribution < -0.4 is 5.32 Å². The third-order valence-electron chi connectivity index (χ3n) is 5.61. The van der Waals surface area contributed by atoms with Gasteiger partial charge in [0.15, 0.2) is 0 Å². The van der Waals surface area contributed by atoms with Crippen LogP contribution in [0.5, 0.6) is 0 Å². The number of hydrogen-bond acceptors (Lipinski definition) is 2. The van der Waals surface area contributed by atoms with E-state index in [-0.39, 0.29) is 5.54 Å². The van der Waals surface area contributed by atoms with Gasteiger partial charge in [-0.1, -0.05) is 26.2 Å². The average Bonchev–Trinajstić information content (AvgIpc) is 2.49. The number of carbonyl (C=O) groups excluding carboxylic acids is 1. The molecule has 1 spiro atoms. The summed E-state index contributed by atoms with van der Waals surface area (Å²) >= 11 is 0. The third-order valence-corrected chi connectivity index (χ3v) is 5.61. The van der Waals surface area contributed by atoms with E-state index in [0.717, 1.165) is 38.6 Å². The molecule has 0 aromatic carbocycles. The summed E-state index contributed by atoms with van der Waals surface area (Å²) in [7, 11) is 0. The van der Waals surface area contributed by atoms with E-state index in [4.69, 9.17) is 0 Å². The molecule has 3 rings (SSSR count). The fraction of sp³-hybridized carbons (Fsp3) is 0.938. The molecular weight excluding hydrogens is 250 g/mol. The molecule has 0 aromatic heterocycles. The number of likely N-dealkylation sites (tertiary alicyclic amines) is 1. The van der Waals surface area contributed by atoms with Crippen LogP contribution in [0.15, 0.2) is 0 Å². The van der Waals surface area contributed by atoms with Crippen LogP contribution in [0, 0.1) is 5.92 Å². The third kappa shape index (κ3) is 2.67. The van der Waals surface area contributed by atoms with E-state index >= 15 is 0 Å². The molecule has 0 unspecified atom stereocenters. The first-order chi connectivity index (χ1) is 9.71. The minimum absolute atomic E-state index is 0.122. The molecule has 2 aliphatic heterocycles. The van der Waals surface area contributed by atoms with Gasteiger partial charge >= 0.3 is 6.03 Å². The number of urea groups is 1. The Labute approximate surface area is 122 Å². The maximum atomic E-state index is 13.0. The molecule has 1 aliphatic carbocycles. The van der Waals surface area contributed by atoms with E-state index in [9.17, 15) is 4.79 Å². The summed E-state index contributed by atoms with van der Waals surface area (Å²) in [6.07, 6.45) is 8.62. The van der Waals surface area contributed by atoms with Crippen molar-refractivity contribution in [3.05, 3.63) is 0 Å². The smallest absolute Gasteiger partial charge is 0.320 e. The molecule has 0 radical (unpaired) electrons. The van der Waals surface area contributed by atoms with E-state index in [1.165, 1.54) is 44.9 Å². The molecular formula is C16H29N3O. The molecule has 0 atom stereocenters. The van der Waals surface area contributed by atoms with E-state index in [2.05, 4.69) is 22.0 Å². The highest BCUT2D eigenvalue weighted by molar-refractivity contribution is 5.75. The summed E-state index contributed by atoms with van der Waals surface area (Å²) in [5.41, 5.74) is 0.122. The summed E-state index contributed by atoms with van der Waals surface area (Å²) < 4.78 is 0. The number of rotatable bonds is 0. The highest BCUT2D eigenvalue weighted by Gasteiger charge is 2.43. The fourth-order valence-electron chi connectivity index (χ4n) is 4.17. The highest BCUT2D eigenvalue weighted by atomic mass is 16.2. The Morgan fingerprint density at radius 3 is 2.50 bits per heavy atom. The van der Waals surface area contributed by atoms with Gasteiger partial charge in [-0.05, 0) is 31.6 Å². The summed E-state index contributed by atoms with van der Waals surface area (Å²) in [6, 6.07) is 0.320. The molecule has 4 heteroatoms. The van der Waals surface area contributed by atoms with Gasteiger partial charge in [-0.2, -0.15) is 0 Å². The first-order valence-corrected chi connectivity index (χ1v) is 8.49. The van der Waals surface area contributed by atoms with Crippen molar-refractivity contribution in [2.24, 2.45) is 5.92 Å². The van der Waals surface area contributed by atoms with Crippen LogP contribution in [-0.4, -0.2) is 54.1 Å². The van der Waals surface area contributed by atoms with Gasteiger partial charge in [-0.3, -0.25) is 0 Å². The Balaban J connectivity index is 1.70. The lowest BCUT2D eigenvalue weighted by atomic mass is 9.79. The summed E-state index contributed by atoms with van der Waals surface area (Å²) in [5.74, 6) is 0.783. The lowest BCUT2D eigenvalue weighted by molar-refractivity contribution is 0.0347. The molecule has 2 heterocycles. The molecule has 0 aromatic rings. The maximum absolute atomic E-state index is 13.0. The molecule has 3 aliphatic rings. The summed E-state index contributed by atoms with van der Waals surface area (Å²) in [6.45, 7) is 7.07. The van der Waals surface area contributed by atoms with Crippen molar-refractivity contribution in [1.29, 1.82) is 0 Å². The monoisotopic (exact) mass is 279 g/mol. The first kappa shape index (κ1) is 14.2. The van der Waals surface area contributed by atoms with Gasteiger partial charge in [0.1, 0.15) is 0 Å². The molecule has 2 amide bonds. The van der Waals surface area contributed by atoms with E-state index in [1.807, 2.05) is 0 Å². The van der Waals surface area contributed by atoms with E-state index in [0.29, 0.717) is 6.03 Å². The zero-order valence-electron chi connectivity index (χ0n) is 12.9. The summed E-state index contributed by atoms with van der Waals surface area (Å²) in [5, 5.41) is 3.53. The van der Waals surface area contributed by atoms with Gasteiger partial charge < -0.3 is 15.1 Å². The van der Waals surface area contributed by atoms with Crippen LogP contribution in [-0.2, 0) is 0 Å². The molecule has 20 heavy (non-hydrogen) atoms. The van der Waals surface area contributed by atoms with Crippen molar-refractivity contribution >= 4 is 6.03 Å². The lowest BCUT2D eigenvalue weighted by Crippen LogP contribution is -2.66. The molecule has 2 saturated heterocycles. The second-order valence-corrected chi connectivity index (χ2v) is 7.07. The number of nitrogens with one attached hydrogen (secondary N) is 1. The molecule has 114 valence electrons. The quantitative estimate of drug-likeness (QED) is 0.739. The Kier molecular flexibility index (Phi) is 4.20. The Bertz CT molecular complexity index is 335. The van der Waals surface area contributed by atoms with Crippen LogP contribution in [0.4, 0.5) is 4.79 Å². The zero-order valence-corrected chi connectivity index (χ0v) is 12.9. The van der Waals surface area contributed by atoms with Gasteiger partial charge in [-0.25, -0.2) is 4.79 Å². The molecule has 0 bridgehead atoms. The van der Waals surface area contributed by atoms with Crippen LogP contribution in [0.1, 0.15) is 51.9 Å². The predicted molar refractivity (Wildman–Crippen MR) is 80.8 cm³/mol. The first-order valence-electron chi connectivity index (χ1n) is 8.49. The second-order valence-electron chi connectivity index (χ2n) is 7.07. The van der Waals surface area contributed by atoms with E-state index in [1.54, 1.807) is 0 Å². The van der Waals surface area contributed by atoms with Crippen molar-refractivity contribution in [2.75, 3.05) is 32.7 Å². The largest absolute Gasteiger partial charge is 0.325 e. The molecule has 4 nitrogen and oxygen atoms in total. The highest BCUT2D eigenvalue weighted by Crippen LogP contribution is 2.35. The normalized spacial score (nSPS) is 27.9. The van der Waals surface area contributed by atoms with Crippen molar-refractivity contribution in [3.63, 3.8) is 0 Å². The van der Waals surface area contributed by atoms with Crippen LogP contribution in [0.3, 0.4) is 0 Å². The number of carbonyl (C=O) groups is 1. The number of amides is 2. The fourth-order valence-corrected chi connectivity index (χ4v) is 4.17. The SMILES string of the molecule is CC1CCN(C(=O)N2CCNCC23CCCCC3)CC1. The van der Waals surface area contributed by atoms with Crippen LogP contribution in [0.2, 0.25) is 0 Å². The maximum Gasteiger partial charge on any atom is 0.320 e. The van der Waals surface area contributed by atoms with Gasteiger partial charge in [0.2, 0.25) is 0 Å². The van der Waals surface area contributed by atoms with Crippen molar-refractivity contribution in [1.82, 2.24) is 15.1 Å². The van der Waals surface area contributed by atoms with Crippen LogP contribution in [0.25, 0.3) is 0 Å². The number of piperazine rings is 1. The zero-order chi connectivity index (χ0) is 14.0. The number of hydrogen-bond donors (Lipinski definition) is 1. The average molecular weight is 279 g/mol. The van der Waals surface area contributed by atoms with Gasteiger partial charge in [0.25, 0.3) is 0 Å². The van der Waals surface area contributed by atoms with Gasteiger partial charge in [-0.15, -0.1) is 0 Å². The van der Waals surface area contributed by atoms with E-state index < -0.39 is 0 Å². The van der Waals surface area contributed by atoms with Crippen molar-refractivity contribution in [3.8, 4) is 0 Å². The second kappa shape index (κ2) is 5.92. The predicted octanol–water partition coefficient (Wildman–Crippen LogP) is 2.45. The number of nitrogens with zero attached hydrogens (tertiary/aromatic N) is 2. The molecule has 1 N–H and O–H groups in total. The van der Waals surface area contributed by atoms with Crippen LogP contribution >= 0.6 is 0 Å². The number of piperidine rings is 1. The van der Waals surface area contributed by atoms with Crippen molar-refractivity contribution < 1.29 is 4.79 Å². The molecule has 3 fully saturated rings. The minimum atomic E-state index is 0.122. The Morgan fingerprint density at radius 2 is 1.80 bits per heavy atom.